The van der Waals surface area contributed by atoms with Crippen molar-refractivity contribution < 1.29 is 9.90 Å². The second-order valence-electron chi connectivity index (χ2n) is 2.50. The summed E-state index contributed by atoms with van der Waals surface area (Å²) >= 11 is 0. The van der Waals surface area contributed by atoms with Gasteiger partial charge in [0.1, 0.15) is 11.8 Å². The first-order chi connectivity index (χ1) is 6.15. The van der Waals surface area contributed by atoms with Crippen LogP contribution in [0.4, 0.5) is 0 Å². The lowest BCUT2D eigenvalue weighted by molar-refractivity contribution is -0.119. The molecular formula is C8H8N2O3. The van der Waals surface area contributed by atoms with Gasteiger partial charge in [0.25, 0.3) is 0 Å². The van der Waals surface area contributed by atoms with Crippen molar-refractivity contribution in [2.24, 2.45) is 10.9 Å². The van der Waals surface area contributed by atoms with Gasteiger partial charge in [0, 0.05) is 5.18 Å². The van der Waals surface area contributed by atoms with E-state index in [1.165, 1.54) is 24.3 Å². The number of hydrogen-bond acceptors (Lipinski definition) is 4. The van der Waals surface area contributed by atoms with Gasteiger partial charge in [0.15, 0.2) is 0 Å². The molecule has 0 aliphatic carbocycles. The second-order valence-corrected chi connectivity index (χ2v) is 2.50. The average Bonchev–Trinajstić information content (AvgIpc) is 2.17. The van der Waals surface area contributed by atoms with Crippen LogP contribution in [0.25, 0.3) is 0 Å². The molecule has 0 aromatic heterocycles. The molecule has 1 aromatic rings. The first-order valence-electron chi connectivity index (χ1n) is 3.57. The van der Waals surface area contributed by atoms with Crippen LogP contribution in [0.15, 0.2) is 29.4 Å². The molecule has 13 heavy (non-hydrogen) atoms. The summed E-state index contributed by atoms with van der Waals surface area (Å²) in [5.41, 5.74) is 5.82. The van der Waals surface area contributed by atoms with E-state index in [-0.39, 0.29) is 5.75 Å². The quantitative estimate of drug-likeness (QED) is 0.654. The predicted molar refractivity (Wildman–Crippen MR) is 45.8 cm³/mol. The molecule has 0 saturated heterocycles. The average molecular weight is 180 g/mol. The normalized spacial score (nSPS) is 12.1. The number of nitrogens with zero attached hydrogens (tertiary/aromatic N) is 1. The molecule has 1 unspecified atom stereocenters. The minimum Gasteiger partial charge on any atom is -0.508 e. The largest absolute Gasteiger partial charge is 0.508 e. The molecule has 5 heteroatoms. The fourth-order valence-electron chi connectivity index (χ4n) is 0.881. The van der Waals surface area contributed by atoms with Crippen molar-refractivity contribution in [2.75, 3.05) is 0 Å². The number of amides is 1. The van der Waals surface area contributed by atoms with E-state index < -0.39 is 11.9 Å². The van der Waals surface area contributed by atoms with Gasteiger partial charge in [-0.1, -0.05) is 12.1 Å². The van der Waals surface area contributed by atoms with E-state index in [0.29, 0.717) is 5.56 Å². The molecule has 1 aromatic carbocycles. The van der Waals surface area contributed by atoms with Gasteiger partial charge in [-0.15, -0.1) is 4.91 Å². The van der Waals surface area contributed by atoms with Gasteiger partial charge in [0.05, 0.1) is 0 Å². The highest BCUT2D eigenvalue weighted by Crippen LogP contribution is 2.15. The number of nitrogens with two attached hydrogens (primary N) is 1. The monoisotopic (exact) mass is 180 g/mol. The summed E-state index contributed by atoms with van der Waals surface area (Å²) in [6.07, 6.45) is 0. The molecule has 68 valence electrons. The van der Waals surface area contributed by atoms with Gasteiger partial charge in [-0.05, 0) is 17.7 Å². The van der Waals surface area contributed by atoms with Crippen LogP contribution in [0.2, 0.25) is 0 Å². The number of carbonyl (C=O) groups excluding carboxylic acids is 1. The Labute approximate surface area is 74.2 Å². The third-order valence-corrected chi connectivity index (χ3v) is 1.61. The topological polar surface area (TPSA) is 92.8 Å². The number of nitroso groups, excluding NO2 is 1. The molecule has 0 aliphatic rings. The van der Waals surface area contributed by atoms with Crippen LogP contribution in [0.1, 0.15) is 11.6 Å². The molecule has 0 heterocycles. The van der Waals surface area contributed by atoms with Crippen molar-refractivity contribution in [1.29, 1.82) is 0 Å². The van der Waals surface area contributed by atoms with Crippen molar-refractivity contribution >= 4 is 5.91 Å². The molecule has 0 bridgehead atoms. The number of aromatic hydroxyl groups is 1. The highest BCUT2D eigenvalue weighted by molar-refractivity contribution is 5.83. The SMILES string of the molecule is NC(C(=O)N=O)c1ccc(O)cc1. The lowest BCUT2D eigenvalue weighted by atomic mass is 10.1. The number of hydrogen-bond donors (Lipinski definition) is 2. The summed E-state index contributed by atoms with van der Waals surface area (Å²) in [4.78, 5) is 20.6. The number of phenolic OH excluding ortho intramolecular Hbond substituents is 1. The van der Waals surface area contributed by atoms with Crippen LogP contribution < -0.4 is 5.73 Å². The van der Waals surface area contributed by atoms with Crippen molar-refractivity contribution in [1.82, 2.24) is 0 Å². The van der Waals surface area contributed by atoms with E-state index in [1.807, 2.05) is 0 Å². The molecule has 1 amide bonds. The Kier molecular flexibility index (Phi) is 2.71. The van der Waals surface area contributed by atoms with E-state index >= 15 is 0 Å². The van der Waals surface area contributed by atoms with Gasteiger partial charge >= 0.3 is 5.91 Å². The summed E-state index contributed by atoms with van der Waals surface area (Å²) < 4.78 is 0. The third-order valence-electron chi connectivity index (χ3n) is 1.61. The molecule has 1 atom stereocenters. The number of carbonyl (C=O) groups is 1. The molecule has 1 rings (SSSR count). The maximum Gasteiger partial charge on any atom is 0.307 e. The van der Waals surface area contributed by atoms with E-state index in [9.17, 15) is 9.70 Å². The van der Waals surface area contributed by atoms with Crippen molar-refractivity contribution in [3.63, 3.8) is 0 Å². The van der Waals surface area contributed by atoms with E-state index in [1.54, 1.807) is 0 Å². The van der Waals surface area contributed by atoms with Gasteiger partial charge in [0.2, 0.25) is 0 Å². The van der Waals surface area contributed by atoms with Crippen LogP contribution in [-0.4, -0.2) is 11.0 Å². The Balaban J connectivity index is 2.89. The summed E-state index contributed by atoms with van der Waals surface area (Å²) in [7, 11) is 0. The highest BCUT2D eigenvalue weighted by atomic mass is 16.3. The molecule has 5 nitrogen and oxygen atoms in total. The summed E-state index contributed by atoms with van der Waals surface area (Å²) in [6.45, 7) is 0. The Morgan fingerprint density at radius 2 is 1.92 bits per heavy atom. The summed E-state index contributed by atoms with van der Waals surface area (Å²) in [5.74, 6) is -0.854. The van der Waals surface area contributed by atoms with E-state index in [4.69, 9.17) is 10.8 Å². The Morgan fingerprint density at radius 3 is 2.38 bits per heavy atom. The fourth-order valence-corrected chi connectivity index (χ4v) is 0.881. The molecular weight excluding hydrogens is 172 g/mol. The number of rotatable bonds is 2. The summed E-state index contributed by atoms with van der Waals surface area (Å²) in [5, 5.41) is 11.1. The molecule has 0 radical (unpaired) electrons. The van der Waals surface area contributed by atoms with Crippen LogP contribution >= 0.6 is 0 Å². The van der Waals surface area contributed by atoms with Gasteiger partial charge < -0.3 is 10.8 Å². The van der Waals surface area contributed by atoms with Crippen LogP contribution in [-0.2, 0) is 4.79 Å². The van der Waals surface area contributed by atoms with Crippen LogP contribution in [0, 0.1) is 4.91 Å². The first kappa shape index (κ1) is 9.34. The standard InChI is InChI=1S/C8H8N2O3/c9-7(8(12)10-13)5-1-3-6(11)4-2-5/h1-4,7,11H,9H2. The first-order valence-corrected chi connectivity index (χ1v) is 3.57. The highest BCUT2D eigenvalue weighted by Gasteiger charge is 2.15. The maximum atomic E-state index is 10.7. The van der Waals surface area contributed by atoms with Crippen molar-refractivity contribution in [3.05, 3.63) is 34.7 Å². The van der Waals surface area contributed by atoms with Gasteiger partial charge in [-0.2, -0.15) is 0 Å². The minimum atomic E-state index is -1.04. The third kappa shape index (κ3) is 2.09. The zero-order valence-electron chi connectivity index (χ0n) is 6.68. The lowest BCUT2D eigenvalue weighted by Crippen LogP contribution is -2.18. The summed E-state index contributed by atoms with van der Waals surface area (Å²) in [6, 6.07) is 4.64. The zero-order chi connectivity index (χ0) is 9.84. The predicted octanol–water partition coefficient (Wildman–Crippen LogP) is 0.685. The Morgan fingerprint density at radius 1 is 1.38 bits per heavy atom. The number of benzene rings is 1. The van der Waals surface area contributed by atoms with Crippen molar-refractivity contribution in [2.45, 2.75) is 6.04 Å². The molecule has 0 aliphatic heterocycles. The van der Waals surface area contributed by atoms with Gasteiger partial charge in [-0.3, -0.25) is 4.79 Å². The maximum absolute atomic E-state index is 10.7. The Bertz CT molecular complexity index is 321. The van der Waals surface area contributed by atoms with Crippen LogP contribution in [0.5, 0.6) is 5.75 Å². The number of phenols is 1. The van der Waals surface area contributed by atoms with E-state index in [2.05, 4.69) is 5.18 Å². The Hall–Kier alpha value is -1.75. The smallest absolute Gasteiger partial charge is 0.307 e. The van der Waals surface area contributed by atoms with Crippen molar-refractivity contribution in [3.8, 4) is 5.75 Å². The zero-order valence-corrected chi connectivity index (χ0v) is 6.68. The fraction of sp³-hybridized carbons (Fsp3) is 0.125. The van der Waals surface area contributed by atoms with E-state index in [0.717, 1.165) is 0 Å². The van der Waals surface area contributed by atoms with Gasteiger partial charge in [-0.25, -0.2) is 0 Å². The molecule has 0 spiro atoms. The van der Waals surface area contributed by atoms with Crippen LogP contribution in [0.3, 0.4) is 0 Å². The molecule has 0 saturated carbocycles. The minimum absolute atomic E-state index is 0.0717. The molecule has 3 N–H and O–H groups in total. The lowest BCUT2D eigenvalue weighted by Gasteiger charge is -2.05. The second kappa shape index (κ2) is 3.77. The molecule has 0 fully saturated rings.